The molecule has 0 aromatic heterocycles. The number of nitrogens with one attached hydrogen (secondary N) is 2. The van der Waals surface area contributed by atoms with E-state index >= 15 is 0 Å². The number of anilines is 1. The number of hydrogen-bond donors (Lipinski definition) is 2. The van der Waals surface area contributed by atoms with Crippen LogP contribution in [0.25, 0.3) is 0 Å². The Balaban J connectivity index is 1.94. The molecule has 2 aromatic rings. The summed E-state index contributed by atoms with van der Waals surface area (Å²) in [5.74, 6) is -1.19. The second-order valence-corrected chi connectivity index (χ2v) is 6.01. The molecule has 0 saturated heterocycles. The van der Waals surface area contributed by atoms with E-state index in [4.69, 9.17) is 4.74 Å². The Hall–Kier alpha value is -2.87. The number of methoxy groups -OCH3 is 1. The molecule has 0 saturated carbocycles. The summed E-state index contributed by atoms with van der Waals surface area (Å²) in [7, 11) is 1.23. The molecule has 0 aliphatic rings. The van der Waals surface area contributed by atoms with Crippen molar-refractivity contribution in [1.82, 2.24) is 5.32 Å². The third kappa shape index (κ3) is 5.89. The van der Waals surface area contributed by atoms with Crippen LogP contribution in [-0.2, 0) is 14.3 Å². The molecule has 26 heavy (non-hydrogen) atoms. The number of para-hydroxylation sites is 1. The maximum atomic E-state index is 12.1. The van der Waals surface area contributed by atoms with E-state index in [1.165, 1.54) is 13.2 Å². The first-order valence-corrected chi connectivity index (χ1v) is 8.41. The smallest absolute Gasteiger partial charge is 0.325 e. The average Bonchev–Trinajstić information content (AvgIpc) is 2.66. The summed E-state index contributed by atoms with van der Waals surface area (Å²) in [6, 6.07) is 13.5. The maximum absolute atomic E-state index is 12.1. The standard InChI is InChI=1S/C18H17BrN2O5/c1-25-17(23)10-20-18(24)14-4-2-3-5-15(14)26-11-16(22)21-13-8-6-12(19)7-9-13/h2-9H,10-11H2,1H3,(H,20,24)(H,21,22). The second-order valence-electron chi connectivity index (χ2n) is 5.10. The highest BCUT2D eigenvalue weighted by atomic mass is 79.9. The quantitative estimate of drug-likeness (QED) is 0.670. The number of carbonyl (C=O) groups excluding carboxylic acids is 3. The first-order valence-electron chi connectivity index (χ1n) is 7.62. The van der Waals surface area contributed by atoms with Gasteiger partial charge >= 0.3 is 5.97 Å². The Bertz CT molecular complexity index is 792. The van der Waals surface area contributed by atoms with Gasteiger partial charge in [-0.05, 0) is 36.4 Å². The van der Waals surface area contributed by atoms with Gasteiger partial charge in [-0.3, -0.25) is 14.4 Å². The zero-order chi connectivity index (χ0) is 18.9. The Morgan fingerprint density at radius 3 is 2.42 bits per heavy atom. The van der Waals surface area contributed by atoms with Gasteiger partial charge in [0, 0.05) is 10.2 Å². The first kappa shape index (κ1) is 19.5. The van der Waals surface area contributed by atoms with Crippen LogP contribution in [0.15, 0.2) is 53.0 Å². The number of esters is 1. The van der Waals surface area contributed by atoms with Crippen molar-refractivity contribution in [2.45, 2.75) is 0 Å². The second kappa shape index (κ2) is 9.57. The molecule has 136 valence electrons. The van der Waals surface area contributed by atoms with Gasteiger partial charge in [-0.2, -0.15) is 0 Å². The third-order valence-electron chi connectivity index (χ3n) is 3.24. The minimum atomic E-state index is -0.564. The van der Waals surface area contributed by atoms with Crippen molar-refractivity contribution in [1.29, 1.82) is 0 Å². The van der Waals surface area contributed by atoms with Crippen LogP contribution >= 0.6 is 15.9 Å². The van der Waals surface area contributed by atoms with Gasteiger partial charge in [0.15, 0.2) is 6.61 Å². The summed E-state index contributed by atoms with van der Waals surface area (Å²) in [6.07, 6.45) is 0. The number of carbonyl (C=O) groups is 3. The van der Waals surface area contributed by atoms with Crippen LogP contribution in [0.2, 0.25) is 0 Å². The summed E-state index contributed by atoms with van der Waals surface area (Å²) in [4.78, 5) is 35.3. The van der Waals surface area contributed by atoms with Crippen molar-refractivity contribution < 1.29 is 23.9 Å². The van der Waals surface area contributed by atoms with E-state index in [0.29, 0.717) is 5.69 Å². The largest absolute Gasteiger partial charge is 0.483 e. The zero-order valence-electron chi connectivity index (χ0n) is 14.0. The summed E-state index contributed by atoms with van der Waals surface area (Å²) in [5.41, 5.74) is 0.846. The van der Waals surface area contributed by atoms with Crippen molar-refractivity contribution in [3.05, 3.63) is 58.6 Å². The predicted molar refractivity (Wildman–Crippen MR) is 99.1 cm³/mol. The molecule has 0 heterocycles. The topological polar surface area (TPSA) is 93.7 Å². The van der Waals surface area contributed by atoms with Crippen LogP contribution in [0, 0.1) is 0 Å². The Labute approximate surface area is 158 Å². The number of rotatable bonds is 7. The molecule has 2 rings (SSSR count). The molecule has 0 bridgehead atoms. The van der Waals surface area contributed by atoms with E-state index < -0.39 is 11.9 Å². The highest BCUT2D eigenvalue weighted by Crippen LogP contribution is 2.18. The van der Waals surface area contributed by atoms with Gasteiger partial charge < -0.3 is 20.1 Å². The Morgan fingerprint density at radius 2 is 1.73 bits per heavy atom. The van der Waals surface area contributed by atoms with Gasteiger partial charge in [0.25, 0.3) is 11.8 Å². The van der Waals surface area contributed by atoms with E-state index in [1.54, 1.807) is 42.5 Å². The number of halogens is 1. The Kier molecular flexibility index (Phi) is 7.16. The highest BCUT2D eigenvalue weighted by Gasteiger charge is 2.14. The summed E-state index contributed by atoms with van der Waals surface area (Å²) >= 11 is 3.32. The van der Waals surface area contributed by atoms with Crippen molar-refractivity contribution in [2.24, 2.45) is 0 Å². The number of hydrogen-bond acceptors (Lipinski definition) is 5. The van der Waals surface area contributed by atoms with Crippen molar-refractivity contribution in [3.63, 3.8) is 0 Å². The fourth-order valence-electron chi connectivity index (χ4n) is 1.97. The molecule has 8 heteroatoms. The number of amides is 2. The van der Waals surface area contributed by atoms with Gasteiger partial charge in [0.1, 0.15) is 12.3 Å². The maximum Gasteiger partial charge on any atom is 0.325 e. The molecule has 2 N–H and O–H groups in total. The fourth-order valence-corrected chi connectivity index (χ4v) is 2.24. The lowest BCUT2D eigenvalue weighted by molar-refractivity contribution is -0.139. The number of benzene rings is 2. The Morgan fingerprint density at radius 1 is 1.04 bits per heavy atom. The monoisotopic (exact) mass is 420 g/mol. The predicted octanol–water partition coefficient (Wildman–Crippen LogP) is 2.37. The molecule has 0 unspecified atom stereocenters. The number of ether oxygens (including phenoxy) is 2. The lowest BCUT2D eigenvalue weighted by Gasteiger charge is -2.11. The third-order valence-corrected chi connectivity index (χ3v) is 3.77. The molecule has 2 aromatic carbocycles. The van der Waals surface area contributed by atoms with Gasteiger partial charge in [0.05, 0.1) is 12.7 Å². The van der Waals surface area contributed by atoms with Crippen LogP contribution in [0.5, 0.6) is 5.75 Å². The van der Waals surface area contributed by atoms with Gasteiger partial charge in [-0.1, -0.05) is 28.1 Å². The van der Waals surface area contributed by atoms with Crippen LogP contribution in [0.4, 0.5) is 5.69 Å². The average molecular weight is 421 g/mol. The zero-order valence-corrected chi connectivity index (χ0v) is 15.5. The molecule has 2 amide bonds. The summed E-state index contributed by atoms with van der Waals surface area (Å²) in [6.45, 7) is -0.523. The van der Waals surface area contributed by atoms with Crippen LogP contribution < -0.4 is 15.4 Å². The summed E-state index contributed by atoms with van der Waals surface area (Å²) in [5, 5.41) is 5.11. The molecule has 0 fully saturated rings. The van der Waals surface area contributed by atoms with Crippen LogP contribution in [0.3, 0.4) is 0 Å². The van der Waals surface area contributed by atoms with Gasteiger partial charge in [-0.15, -0.1) is 0 Å². The van der Waals surface area contributed by atoms with Crippen molar-refractivity contribution in [3.8, 4) is 5.75 Å². The van der Waals surface area contributed by atoms with Crippen molar-refractivity contribution >= 4 is 39.4 Å². The summed E-state index contributed by atoms with van der Waals surface area (Å²) < 4.78 is 10.8. The molecule has 0 radical (unpaired) electrons. The fraction of sp³-hybridized carbons (Fsp3) is 0.167. The highest BCUT2D eigenvalue weighted by molar-refractivity contribution is 9.10. The van der Waals surface area contributed by atoms with Crippen molar-refractivity contribution in [2.75, 3.05) is 25.6 Å². The molecule has 0 aliphatic carbocycles. The van der Waals surface area contributed by atoms with E-state index in [0.717, 1.165) is 4.47 Å². The lowest BCUT2D eigenvalue weighted by Crippen LogP contribution is -2.30. The molecular formula is C18H17BrN2O5. The van der Waals surface area contributed by atoms with Crippen LogP contribution in [0.1, 0.15) is 10.4 Å². The first-order chi connectivity index (χ1) is 12.5. The van der Waals surface area contributed by atoms with E-state index in [9.17, 15) is 14.4 Å². The van der Waals surface area contributed by atoms with E-state index in [2.05, 4.69) is 31.3 Å². The normalized spacial score (nSPS) is 9.92. The minimum absolute atomic E-state index is 0.216. The van der Waals surface area contributed by atoms with Gasteiger partial charge in [0.2, 0.25) is 0 Å². The SMILES string of the molecule is COC(=O)CNC(=O)c1ccccc1OCC(=O)Nc1ccc(Br)cc1. The molecule has 0 spiro atoms. The van der Waals surface area contributed by atoms with Gasteiger partial charge in [-0.25, -0.2) is 0 Å². The van der Waals surface area contributed by atoms with E-state index in [-0.39, 0.29) is 30.4 Å². The molecule has 0 atom stereocenters. The molecule has 0 aliphatic heterocycles. The molecular weight excluding hydrogens is 404 g/mol. The molecule has 7 nitrogen and oxygen atoms in total. The lowest BCUT2D eigenvalue weighted by atomic mass is 10.2. The van der Waals surface area contributed by atoms with Crippen LogP contribution in [-0.4, -0.2) is 38.0 Å². The minimum Gasteiger partial charge on any atom is -0.483 e. The van der Waals surface area contributed by atoms with E-state index in [1.807, 2.05) is 0 Å².